The minimum Gasteiger partial charge on any atom is -0.492 e. The fourth-order valence-corrected chi connectivity index (χ4v) is 3.42. The second-order valence-corrected chi connectivity index (χ2v) is 6.46. The smallest absolute Gasteiger partial charge is 0.142 e. The third-order valence-corrected chi connectivity index (χ3v) is 4.69. The van der Waals surface area contributed by atoms with Crippen LogP contribution in [0, 0.1) is 5.92 Å². The Hall–Kier alpha value is -1.19. The molecule has 20 heavy (non-hydrogen) atoms. The van der Waals surface area contributed by atoms with Crippen LogP contribution in [0.1, 0.15) is 30.7 Å². The molecule has 1 saturated carbocycles. The second kappa shape index (κ2) is 6.06. The summed E-state index contributed by atoms with van der Waals surface area (Å²) in [4.78, 5) is 1.38. The van der Waals surface area contributed by atoms with Crippen LogP contribution < -0.4 is 10.1 Å². The fourth-order valence-electron chi connectivity index (χ4n) is 2.38. The van der Waals surface area contributed by atoms with Crippen LogP contribution in [0.5, 0.6) is 5.75 Å². The summed E-state index contributed by atoms with van der Waals surface area (Å²) in [5, 5.41) is 6.50. The standard InChI is InChI=1S/C16H18ClNOS/c1-2-19-14-8-7-12(17)10-13(14)18-16(11-5-6-11)15-4-3-9-20-15/h3-4,7-11,16,18H,2,5-6H2,1H3. The van der Waals surface area contributed by atoms with Crippen molar-refractivity contribution < 1.29 is 4.74 Å². The Bertz CT molecular complexity index is 566. The van der Waals surface area contributed by atoms with E-state index in [0.29, 0.717) is 12.6 Å². The largest absolute Gasteiger partial charge is 0.492 e. The van der Waals surface area contributed by atoms with E-state index in [1.165, 1.54) is 17.7 Å². The van der Waals surface area contributed by atoms with Gasteiger partial charge in [0.25, 0.3) is 0 Å². The van der Waals surface area contributed by atoms with Gasteiger partial charge in [0.1, 0.15) is 5.75 Å². The third-order valence-electron chi connectivity index (χ3n) is 3.50. The summed E-state index contributed by atoms with van der Waals surface area (Å²) in [5.41, 5.74) is 0.990. The normalized spacial score (nSPS) is 15.9. The van der Waals surface area contributed by atoms with Crippen LogP contribution in [0.4, 0.5) is 5.69 Å². The summed E-state index contributed by atoms with van der Waals surface area (Å²) in [5.74, 6) is 1.60. The second-order valence-electron chi connectivity index (χ2n) is 5.05. The van der Waals surface area contributed by atoms with Crippen LogP contribution in [0.2, 0.25) is 5.02 Å². The Morgan fingerprint density at radius 1 is 1.40 bits per heavy atom. The molecule has 1 unspecified atom stereocenters. The number of thiophene rings is 1. The highest BCUT2D eigenvalue weighted by molar-refractivity contribution is 7.10. The van der Waals surface area contributed by atoms with E-state index >= 15 is 0 Å². The monoisotopic (exact) mass is 307 g/mol. The molecule has 1 fully saturated rings. The van der Waals surface area contributed by atoms with Gasteiger partial charge in [-0.05, 0) is 55.3 Å². The number of ether oxygens (including phenoxy) is 1. The number of hydrogen-bond acceptors (Lipinski definition) is 3. The van der Waals surface area contributed by atoms with Crippen molar-refractivity contribution in [2.75, 3.05) is 11.9 Å². The molecule has 2 aromatic rings. The van der Waals surface area contributed by atoms with Crippen molar-refractivity contribution >= 4 is 28.6 Å². The molecule has 1 aliphatic carbocycles. The first kappa shape index (κ1) is 13.8. The van der Waals surface area contributed by atoms with E-state index < -0.39 is 0 Å². The van der Waals surface area contributed by atoms with Crippen LogP contribution in [0.25, 0.3) is 0 Å². The van der Waals surface area contributed by atoms with Gasteiger partial charge in [-0.25, -0.2) is 0 Å². The van der Waals surface area contributed by atoms with Crippen molar-refractivity contribution in [3.63, 3.8) is 0 Å². The van der Waals surface area contributed by atoms with Crippen molar-refractivity contribution in [3.8, 4) is 5.75 Å². The quantitative estimate of drug-likeness (QED) is 0.775. The zero-order valence-electron chi connectivity index (χ0n) is 11.4. The molecule has 1 aliphatic rings. The zero-order valence-corrected chi connectivity index (χ0v) is 13.0. The third kappa shape index (κ3) is 3.10. The van der Waals surface area contributed by atoms with E-state index in [1.54, 1.807) is 11.3 Å². The van der Waals surface area contributed by atoms with Gasteiger partial charge in [0.05, 0.1) is 18.3 Å². The molecule has 0 spiro atoms. The SMILES string of the molecule is CCOc1ccc(Cl)cc1NC(c1cccs1)C1CC1. The van der Waals surface area contributed by atoms with E-state index in [2.05, 4.69) is 22.8 Å². The number of nitrogens with one attached hydrogen (secondary N) is 1. The van der Waals surface area contributed by atoms with E-state index in [0.717, 1.165) is 22.4 Å². The predicted octanol–water partition coefficient (Wildman–Crippen LogP) is 5.36. The van der Waals surface area contributed by atoms with Gasteiger partial charge in [0.15, 0.2) is 0 Å². The minimum absolute atomic E-state index is 0.368. The average Bonchev–Trinajstić information content (AvgIpc) is 3.13. The molecule has 2 nitrogen and oxygen atoms in total. The number of anilines is 1. The topological polar surface area (TPSA) is 21.3 Å². The van der Waals surface area contributed by atoms with Crippen LogP contribution in [-0.2, 0) is 0 Å². The lowest BCUT2D eigenvalue weighted by molar-refractivity contribution is 0.341. The Labute approximate surface area is 128 Å². The van der Waals surface area contributed by atoms with Gasteiger partial charge in [-0.2, -0.15) is 0 Å². The molecule has 0 saturated heterocycles. The zero-order chi connectivity index (χ0) is 13.9. The summed E-state index contributed by atoms with van der Waals surface area (Å²) < 4.78 is 5.69. The van der Waals surface area contributed by atoms with Crippen LogP contribution in [-0.4, -0.2) is 6.61 Å². The van der Waals surface area contributed by atoms with E-state index in [1.807, 2.05) is 25.1 Å². The van der Waals surface area contributed by atoms with Gasteiger partial charge in [0, 0.05) is 9.90 Å². The average molecular weight is 308 g/mol. The van der Waals surface area contributed by atoms with Gasteiger partial charge < -0.3 is 10.1 Å². The highest BCUT2D eigenvalue weighted by atomic mass is 35.5. The lowest BCUT2D eigenvalue weighted by Gasteiger charge is -2.20. The maximum atomic E-state index is 6.13. The maximum Gasteiger partial charge on any atom is 0.142 e. The number of hydrogen-bond donors (Lipinski definition) is 1. The van der Waals surface area contributed by atoms with Crippen LogP contribution in [0.15, 0.2) is 35.7 Å². The van der Waals surface area contributed by atoms with E-state index in [-0.39, 0.29) is 0 Å². The van der Waals surface area contributed by atoms with Crippen molar-refractivity contribution in [1.82, 2.24) is 0 Å². The fraction of sp³-hybridized carbons (Fsp3) is 0.375. The Morgan fingerprint density at radius 2 is 2.25 bits per heavy atom. The molecule has 0 radical (unpaired) electrons. The molecule has 3 rings (SSSR count). The first-order valence-electron chi connectivity index (χ1n) is 7.00. The summed E-state index contributed by atoms with van der Waals surface area (Å²) in [6, 6.07) is 10.4. The lowest BCUT2D eigenvalue weighted by atomic mass is 10.1. The van der Waals surface area contributed by atoms with Gasteiger partial charge in [-0.1, -0.05) is 17.7 Å². The van der Waals surface area contributed by atoms with Gasteiger partial charge in [-0.15, -0.1) is 11.3 Å². The molecule has 0 amide bonds. The summed E-state index contributed by atoms with van der Waals surface area (Å²) in [6.45, 7) is 2.65. The Balaban J connectivity index is 1.86. The van der Waals surface area contributed by atoms with E-state index in [9.17, 15) is 0 Å². The summed E-state index contributed by atoms with van der Waals surface area (Å²) in [6.07, 6.45) is 2.58. The molecule has 0 bridgehead atoms. The highest BCUT2D eigenvalue weighted by Crippen LogP contribution is 2.45. The van der Waals surface area contributed by atoms with Crippen molar-refractivity contribution in [1.29, 1.82) is 0 Å². The van der Waals surface area contributed by atoms with Crippen LogP contribution in [0.3, 0.4) is 0 Å². The molecule has 0 aliphatic heterocycles. The van der Waals surface area contributed by atoms with Gasteiger partial charge >= 0.3 is 0 Å². The summed E-state index contributed by atoms with van der Waals surface area (Å²) >= 11 is 7.93. The van der Waals surface area contributed by atoms with Gasteiger partial charge in [-0.3, -0.25) is 0 Å². The lowest BCUT2D eigenvalue weighted by Crippen LogP contribution is -2.12. The highest BCUT2D eigenvalue weighted by Gasteiger charge is 2.33. The van der Waals surface area contributed by atoms with Crippen molar-refractivity contribution in [3.05, 3.63) is 45.6 Å². The molecule has 1 aromatic heterocycles. The molecule has 1 N–H and O–H groups in total. The molecule has 106 valence electrons. The first-order chi connectivity index (χ1) is 9.78. The first-order valence-corrected chi connectivity index (χ1v) is 8.26. The molecular weight excluding hydrogens is 290 g/mol. The number of halogens is 1. The maximum absolute atomic E-state index is 6.13. The van der Waals surface area contributed by atoms with Crippen LogP contribution >= 0.6 is 22.9 Å². The summed E-state index contributed by atoms with van der Waals surface area (Å²) in [7, 11) is 0. The molecular formula is C16H18ClNOS. The van der Waals surface area contributed by atoms with Crippen molar-refractivity contribution in [2.24, 2.45) is 5.92 Å². The Kier molecular flexibility index (Phi) is 4.18. The number of benzene rings is 1. The van der Waals surface area contributed by atoms with Crippen molar-refractivity contribution in [2.45, 2.75) is 25.8 Å². The molecule has 1 heterocycles. The molecule has 1 atom stereocenters. The van der Waals surface area contributed by atoms with E-state index in [4.69, 9.17) is 16.3 Å². The molecule has 4 heteroatoms. The minimum atomic E-state index is 0.368. The Morgan fingerprint density at radius 3 is 2.90 bits per heavy atom. The van der Waals surface area contributed by atoms with Gasteiger partial charge in [0.2, 0.25) is 0 Å². The molecule has 1 aromatic carbocycles. The predicted molar refractivity (Wildman–Crippen MR) is 86.0 cm³/mol. The number of rotatable bonds is 6.